The quantitative estimate of drug-likeness (QED) is 0.608. The standard InChI is InChI=1S/C18H14N4O/c1-11-7-9-13(10-8-11)17-20-14-15(19)21-16(22-18(14)23-17)12-5-3-2-4-6-12/h2-10H,1H3,(H2,19,21,22). The molecule has 2 aromatic heterocycles. The number of hydrogen-bond donors (Lipinski definition) is 1. The van der Waals surface area contributed by atoms with Crippen LogP contribution in [0.5, 0.6) is 0 Å². The lowest BCUT2D eigenvalue weighted by Crippen LogP contribution is -1.96. The first kappa shape index (κ1) is 13.5. The van der Waals surface area contributed by atoms with Crippen molar-refractivity contribution >= 4 is 17.0 Å². The molecule has 0 atom stereocenters. The summed E-state index contributed by atoms with van der Waals surface area (Å²) in [6.07, 6.45) is 0. The van der Waals surface area contributed by atoms with Crippen molar-refractivity contribution in [2.75, 3.05) is 5.73 Å². The van der Waals surface area contributed by atoms with Gasteiger partial charge in [0.25, 0.3) is 5.71 Å². The molecule has 0 radical (unpaired) electrons. The number of hydrogen-bond acceptors (Lipinski definition) is 5. The molecule has 0 saturated carbocycles. The van der Waals surface area contributed by atoms with E-state index in [0.717, 1.165) is 11.1 Å². The van der Waals surface area contributed by atoms with Gasteiger partial charge in [-0.1, -0.05) is 48.0 Å². The number of nitrogens with zero attached hydrogens (tertiary/aromatic N) is 3. The molecule has 0 aliphatic carbocycles. The Balaban J connectivity index is 1.85. The van der Waals surface area contributed by atoms with Crippen LogP contribution in [0.3, 0.4) is 0 Å². The van der Waals surface area contributed by atoms with Gasteiger partial charge in [-0.05, 0) is 19.1 Å². The lowest BCUT2D eigenvalue weighted by atomic mass is 10.1. The first-order chi connectivity index (χ1) is 11.2. The van der Waals surface area contributed by atoms with E-state index in [-0.39, 0.29) is 0 Å². The van der Waals surface area contributed by atoms with Gasteiger partial charge >= 0.3 is 0 Å². The van der Waals surface area contributed by atoms with E-state index in [1.165, 1.54) is 5.56 Å². The van der Waals surface area contributed by atoms with E-state index < -0.39 is 0 Å². The van der Waals surface area contributed by atoms with Crippen LogP contribution in [0.15, 0.2) is 59.0 Å². The van der Waals surface area contributed by atoms with E-state index in [0.29, 0.717) is 28.8 Å². The number of rotatable bonds is 2. The minimum absolute atomic E-state index is 0.316. The van der Waals surface area contributed by atoms with Crippen molar-refractivity contribution in [1.82, 2.24) is 15.0 Å². The lowest BCUT2D eigenvalue weighted by molar-refractivity contribution is 0.607. The maximum Gasteiger partial charge on any atom is 0.253 e. The smallest absolute Gasteiger partial charge is 0.253 e. The molecular weight excluding hydrogens is 288 g/mol. The largest absolute Gasteiger partial charge is 0.417 e. The van der Waals surface area contributed by atoms with E-state index in [1.807, 2.05) is 61.5 Å². The number of nitrogen functional groups attached to an aromatic ring is 1. The van der Waals surface area contributed by atoms with E-state index >= 15 is 0 Å². The van der Waals surface area contributed by atoms with Gasteiger partial charge < -0.3 is 10.2 Å². The Bertz CT molecular complexity index is 975. The highest BCUT2D eigenvalue weighted by Crippen LogP contribution is 2.27. The number of aromatic nitrogens is 3. The van der Waals surface area contributed by atoms with Crippen molar-refractivity contribution in [3.8, 4) is 22.8 Å². The molecule has 4 aromatic rings. The Labute approximate surface area is 132 Å². The summed E-state index contributed by atoms with van der Waals surface area (Å²) in [6.45, 7) is 2.03. The zero-order chi connectivity index (χ0) is 15.8. The minimum atomic E-state index is 0.316. The number of fused-ring (bicyclic) bond motifs is 1. The summed E-state index contributed by atoms with van der Waals surface area (Å²) >= 11 is 0. The molecule has 0 aliphatic rings. The summed E-state index contributed by atoms with van der Waals surface area (Å²) in [5, 5.41) is 0. The Morgan fingerprint density at radius 1 is 0.826 bits per heavy atom. The molecule has 0 bridgehead atoms. The number of benzene rings is 2. The van der Waals surface area contributed by atoms with Gasteiger partial charge in [0.15, 0.2) is 17.2 Å². The Kier molecular flexibility index (Phi) is 3.05. The zero-order valence-electron chi connectivity index (χ0n) is 12.5. The molecule has 112 valence electrons. The van der Waals surface area contributed by atoms with Crippen LogP contribution in [-0.2, 0) is 0 Å². The molecule has 0 saturated heterocycles. The van der Waals surface area contributed by atoms with Crippen LogP contribution in [0.2, 0.25) is 0 Å². The van der Waals surface area contributed by atoms with E-state index in [4.69, 9.17) is 10.2 Å². The van der Waals surface area contributed by atoms with E-state index in [2.05, 4.69) is 15.0 Å². The van der Waals surface area contributed by atoms with Gasteiger partial charge in [0.1, 0.15) is 0 Å². The van der Waals surface area contributed by atoms with Crippen LogP contribution in [0, 0.1) is 6.92 Å². The van der Waals surface area contributed by atoms with Gasteiger partial charge in [-0.25, -0.2) is 9.97 Å². The third-order valence-electron chi connectivity index (χ3n) is 3.62. The molecule has 0 amide bonds. The predicted octanol–water partition coefficient (Wildman–Crippen LogP) is 3.84. The van der Waals surface area contributed by atoms with Gasteiger partial charge in [-0.3, -0.25) is 0 Å². The van der Waals surface area contributed by atoms with Crippen LogP contribution in [-0.4, -0.2) is 15.0 Å². The van der Waals surface area contributed by atoms with Crippen LogP contribution in [0.25, 0.3) is 34.1 Å². The first-order valence-electron chi connectivity index (χ1n) is 7.27. The molecule has 4 rings (SSSR count). The van der Waals surface area contributed by atoms with Crippen molar-refractivity contribution in [3.05, 3.63) is 60.2 Å². The van der Waals surface area contributed by atoms with Gasteiger partial charge in [-0.15, -0.1) is 0 Å². The van der Waals surface area contributed by atoms with Crippen LogP contribution >= 0.6 is 0 Å². The zero-order valence-corrected chi connectivity index (χ0v) is 12.5. The molecule has 0 unspecified atom stereocenters. The van der Waals surface area contributed by atoms with Gasteiger partial charge in [0.05, 0.1) is 0 Å². The molecular formula is C18H14N4O. The molecule has 0 fully saturated rings. The highest BCUT2D eigenvalue weighted by molar-refractivity contribution is 5.84. The minimum Gasteiger partial charge on any atom is -0.417 e. The topological polar surface area (TPSA) is 77.8 Å². The summed E-state index contributed by atoms with van der Waals surface area (Å²) in [5.41, 5.74) is 9.86. The molecule has 5 nitrogen and oxygen atoms in total. The van der Waals surface area contributed by atoms with Gasteiger partial charge in [0, 0.05) is 11.1 Å². The fraction of sp³-hybridized carbons (Fsp3) is 0.0556. The molecule has 2 heterocycles. The molecule has 23 heavy (non-hydrogen) atoms. The lowest BCUT2D eigenvalue weighted by Gasteiger charge is -2.00. The predicted molar refractivity (Wildman–Crippen MR) is 89.6 cm³/mol. The molecule has 0 aliphatic heterocycles. The van der Waals surface area contributed by atoms with Gasteiger partial charge in [-0.2, -0.15) is 4.98 Å². The van der Waals surface area contributed by atoms with Crippen LogP contribution in [0.4, 0.5) is 5.82 Å². The normalized spacial score (nSPS) is 11.0. The van der Waals surface area contributed by atoms with Crippen LogP contribution in [0.1, 0.15) is 5.56 Å². The molecule has 5 heteroatoms. The van der Waals surface area contributed by atoms with Crippen molar-refractivity contribution in [2.24, 2.45) is 0 Å². The highest BCUT2D eigenvalue weighted by Gasteiger charge is 2.15. The number of anilines is 1. The number of aryl methyl sites for hydroxylation is 1. The van der Waals surface area contributed by atoms with Gasteiger partial charge in [0.2, 0.25) is 5.89 Å². The number of nitrogens with two attached hydrogens (primary N) is 1. The Morgan fingerprint density at radius 2 is 1.57 bits per heavy atom. The third-order valence-corrected chi connectivity index (χ3v) is 3.62. The summed E-state index contributed by atoms with van der Waals surface area (Å²) in [7, 11) is 0. The monoisotopic (exact) mass is 302 g/mol. The van der Waals surface area contributed by atoms with Crippen molar-refractivity contribution in [1.29, 1.82) is 0 Å². The van der Waals surface area contributed by atoms with E-state index in [1.54, 1.807) is 0 Å². The van der Waals surface area contributed by atoms with Crippen molar-refractivity contribution in [2.45, 2.75) is 6.92 Å². The fourth-order valence-electron chi connectivity index (χ4n) is 2.38. The fourth-order valence-corrected chi connectivity index (χ4v) is 2.38. The average Bonchev–Trinajstić information content (AvgIpc) is 3.01. The molecule has 0 spiro atoms. The summed E-state index contributed by atoms with van der Waals surface area (Å²) in [4.78, 5) is 13.2. The van der Waals surface area contributed by atoms with Crippen molar-refractivity contribution in [3.63, 3.8) is 0 Å². The average molecular weight is 302 g/mol. The molecule has 2 N–H and O–H groups in total. The summed E-state index contributed by atoms with van der Waals surface area (Å²) < 4.78 is 5.79. The summed E-state index contributed by atoms with van der Waals surface area (Å²) in [6, 6.07) is 17.6. The Morgan fingerprint density at radius 3 is 2.30 bits per heavy atom. The second kappa shape index (κ2) is 5.21. The SMILES string of the molecule is Cc1ccc(-c2nc3c(N)nc(-c4ccccc4)nc3o2)cc1. The first-order valence-corrected chi connectivity index (χ1v) is 7.27. The third kappa shape index (κ3) is 2.42. The highest BCUT2D eigenvalue weighted by atomic mass is 16.4. The summed E-state index contributed by atoms with van der Waals surface area (Å²) in [5.74, 6) is 1.34. The number of oxazole rings is 1. The second-order valence-electron chi connectivity index (χ2n) is 5.34. The Hall–Kier alpha value is -3.21. The molecule has 2 aromatic carbocycles. The van der Waals surface area contributed by atoms with E-state index in [9.17, 15) is 0 Å². The van der Waals surface area contributed by atoms with Crippen LogP contribution < -0.4 is 5.73 Å². The van der Waals surface area contributed by atoms with Crippen molar-refractivity contribution < 1.29 is 4.42 Å². The second-order valence-corrected chi connectivity index (χ2v) is 5.34. The maximum absolute atomic E-state index is 6.04. The maximum atomic E-state index is 6.04.